The van der Waals surface area contributed by atoms with Gasteiger partial charge < -0.3 is 29.7 Å². The van der Waals surface area contributed by atoms with Crippen molar-refractivity contribution in [1.82, 2.24) is 29.7 Å². The number of hydrogen-bond acceptors (Lipinski definition) is 10. The zero-order valence-corrected chi connectivity index (χ0v) is 20.4. The van der Waals surface area contributed by atoms with Crippen molar-refractivity contribution in [3.05, 3.63) is 54.9 Å². The van der Waals surface area contributed by atoms with E-state index in [9.17, 15) is 5.11 Å². The van der Waals surface area contributed by atoms with Gasteiger partial charge in [0.25, 0.3) is 0 Å². The Kier molecular flexibility index (Phi) is 7.21. The van der Waals surface area contributed by atoms with Crippen LogP contribution >= 0.6 is 0 Å². The first kappa shape index (κ1) is 23.9. The zero-order valence-electron chi connectivity index (χ0n) is 20.4. The number of nitrogens with zero attached hydrogens (tertiary/aromatic N) is 7. The summed E-state index contributed by atoms with van der Waals surface area (Å²) in [6.45, 7) is 3.83. The Morgan fingerprint density at radius 1 is 1.11 bits per heavy atom. The van der Waals surface area contributed by atoms with Crippen molar-refractivity contribution in [3.8, 4) is 17.0 Å². The number of ether oxygens (including phenoxy) is 2. The lowest BCUT2D eigenvalue weighted by molar-refractivity contribution is 0.0831. The van der Waals surface area contributed by atoms with Crippen LogP contribution in [0, 0.1) is 0 Å². The third-order valence-electron chi connectivity index (χ3n) is 5.77. The van der Waals surface area contributed by atoms with E-state index in [0.717, 1.165) is 41.4 Å². The van der Waals surface area contributed by atoms with E-state index in [4.69, 9.17) is 9.47 Å². The average Bonchev–Trinajstić information content (AvgIpc) is 3.32. The van der Waals surface area contributed by atoms with Crippen LogP contribution in [-0.2, 0) is 4.74 Å². The molecule has 0 unspecified atom stereocenters. The predicted octanol–water partition coefficient (Wildman–Crippen LogP) is 2.07. The van der Waals surface area contributed by atoms with Gasteiger partial charge in [-0.1, -0.05) is 0 Å². The molecule has 2 N–H and O–H groups in total. The van der Waals surface area contributed by atoms with Crippen LogP contribution in [0.2, 0.25) is 0 Å². The van der Waals surface area contributed by atoms with E-state index in [-0.39, 0.29) is 6.61 Å². The molecule has 11 heteroatoms. The molecule has 0 spiro atoms. The van der Waals surface area contributed by atoms with Crippen molar-refractivity contribution in [3.63, 3.8) is 0 Å². The summed E-state index contributed by atoms with van der Waals surface area (Å²) in [5.41, 5.74) is 3.32. The third kappa shape index (κ3) is 5.70. The highest BCUT2D eigenvalue weighted by atomic mass is 16.5. The van der Waals surface area contributed by atoms with E-state index in [1.165, 1.54) is 0 Å². The number of hydrogen-bond donors (Lipinski definition) is 2. The van der Waals surface area contributed by atoms with Crippen LogP contribution in [0.15, 0.2) is 54.9 Å². The molecule has 0 aliphatic carbocycles. The van der Waals surface area contributed by atoms with E-state index in [0.29, 0.717) is 31.5 Å². The first-order valence-corrected chi connectivity index (χ1v) is 11.9. The first-order chi connectivity index (χ1) is 17.5. The molecule has 1 atom stereocenters. The van der Waals surface area contributed by atoms with E-state index >= 15 is 0 Å². The largest absolute Gasteiger partial charge is 0.491 e. The molecule has 0 amide bonds. The molecule has 1 aliphatic heterocycles. The first-order valence-electron chi connectivity index (χ1n) is 11.9. The molecule has 11 nitrogen and oxygen atoms in total. The Bertz CT molecular complexity index is 1290. The molecule has 36 heavy (non-hydrogen) atoms. The highest BCUT2D eigenvalue weighted by Crippen LogP contribution is 2.25. The van der Waals surface area contributed by atoms with E-state index < -0.39 is 6.10 Å². The van der Waals surface area contributed by atoms with Gasteiger partial charge in [-0.25, -0.2) is 9.97 Å². The number of morpholine rings is 1. The fourth-order valence-electron chi connectivity index (χ4n) is 4.03. The molecule has 4 heterocycles. The summed E-state index contributed by atoms with van der Waals surface area (Å²) < 4.78 is 12.7. The summed E-state index contributed by atoms with van der Waals surface area (Å²) in [6.07, 6.45) is 2.94. The topological polar surface area (TPSA) is 113 Å². The van der Waals surface area contributed by atoms with E-state index in [1.807, 2.05) is 61.5 Å². The fourth-order valence-corrected chi connectivity index (χ4v) is 4.03. The van der Waals surface area contributed by atoms with Gasteiger partial charge in [0.1, 0.15) is 18.5 Å². The van der Waals surface area contributed by atoms with Crippen LogP contribution in [0.3, 0.4) is 0 Å². The maximum absolute atomic E-state index is 9.96. The smallest absolute Gasteiger partial charge is 0.227 e. The lowest BCUT2D eigenvalue weighted by Gasteiger charge is -2.27. The monoisotopic (exact) mass is 490 g/mol. The van der Waals surface area contributed by atoms with Gasteiger partial charge in [-0.05, 0) is 56.6 Å². The van der Waals surface area contributed by atoms with Gasteiger partial charge in [0.2, 0.25) is 5.95 Å². The molecule has 0 radical (unpaired) electrons. The van der Waals surface area contributed by atoms with Crippen LogP contribution in [0.1, 0.15) is 0 Å². The Balaban J connectivity index is 1.26. The molecular weight excluding hydrogens is 460 g/mol. The van der Waals surface area contributed by atoms with Crippen molar-refractivity contribution >= 4 is 23.0 Å². The molecule has 1 fully saturated rings. The van der Waals surface area contributed by atoms with Crippen LogP contribution in [0.25, 0.3) is 16.8 Å². The van der Waals surface area contributed by atoms with Gasteiger partial charge in [-0.2, -0.15) is 5.10 Å². The molecule has 0 bridgehead atoms. The van der Waals surface area contributed by atoms with Gasteiger partial charge >= 0.3 is 0 Å². The Labute approximate surface area is 209 Å². The lowest BCUT2D eigenvalue weighted by atomic mass is 10.2. The van der Waals surface area contributed by atoms with Crippen molar-refractivity contribution < 1.29 is 14.6 Å². The third-order valence-corrected chi connectivity index (χ3v) is 5.77. The minimum atomic E-state index is -0.546. The number of benzene rings is 1. The van der Waals surface area contributed by atoms with Crippen LogP contribution in [0.5, 0.6) is 5.75 Å². The summed E-state index contributed by atoms with van der Waals surface area (Å²) in [6, 6.07) is 13.3. The summed E-state index contributed by atoms with van der Waals surface area (Å²) in [5.74, 6) is 2.04. The highest BCUT2D eigenvalue weighted by molar-refractivity contribution is 5.78. The number of aromatic nitrogens is 5. The van der Waals surface area contributed by atoms with Crippen molar-refractivity contribution in [2.24, 2.45) is 0 Å². The SMILES string of the molecule is CN(C)C[C@H](O)COc1ccc(Nc2nccc(-c3cnn4nc(N5CCOCC5)ccc34)n2)cc1. The molecule has 1 saturated heterocycles. The van der Waals surface area contributed by atoms with Crippen molar-refractivity contribution in [1.29, 1.82) is 0 Å². The van der Waals surface area contributed by atoms with Gasteiger partial charge in [-0.3, -0.25) is 0 Å². The summed E-state index contributed by atoms with van der Waals surface area (Å²) in [5, 5.41) is 22.3. The second kappa shape index (κ2) is 10.9. The number of rotatable bonds is 9. The number of aliphatic hydroxyl groups is 1. The van der Waals surface area contributed by atoms with Gasteiger partial charge in [-0.15, -0.1) is 9.73 Å². The summed E-state index contributed by atoms with van der Waals surface area (Å²) >= 11 is 0. The molecule has 5 rings (SSSR count). The van der Waals surface area contributed by atoms with Gasteiger partial charge in [0.05, 0.1) is 30.6 Å². The fraction of sp³-hybridized carbons (Fsp3) is 0.360. The minimum absolute atomic E-state index is 0.235. The minimum Gasteiger partial charge on any atom is -0.491 e. The maximum Gasteiger partial charge on any atom is 0.227 e. The average molecular weight is 491 g/mol. The second-order valence-corrected chi connectivity index (χ2v) is 8.87. The second-order valence-electron chi connectivity index (χ2n) is 8.87. The maximum atomic E-state index is 9.96. The molecule has 3 aromatic heterocycles. The molecule has 188 valence electrons. The van der Waals surface area contributed by atoms with Crippen molar-refractivity contribution in [2.75, 3.05) is 63.8 Å². The summed E-state index contributed by atoms with van der Waals surface area (Å²) in [7, 11) is 3.82. The number of anilines is 3. The number of fused-ring (bicyclic) bond motifs is 1. The molecule has 1 aromatic carbocycles. The Morgan fingerprint density at radius 3 is 2.69 bits per heavy atom. The van der Waals surface area contributed by atoms with E-state index in [1.54, 1.807) is 17.0 Å². The molecule has 0 saturated carbocycles. The molecular formula is C25H30N8O3. The number of nitrogens with one attached hydrogen (secondary N) is 1. The molecule has 4 aromatic rings. The summed E-state index contributed by atoms with van der Waals surface area (Å²) in [4.78, 5) is 13.2. The van der Waals surface area contributed by atoms with Gasteiger partial charge in [0, 0.05) is 37.1 Å². The van der Waals surface area contributed by atoms with Crippen LogP contribution in [-0.4, -0.2) is 94.5 Å². The highest BCUT2D eigenvalue weighted by Gasteiger charge is 2.16. The standard InChI is InChI=1S/C25H30N8O3/c1-31(2)16-19(34)17-36-20-5-3-18(4-6-20)28-25-26-10-9-22(29-25)21-15-27-33-23(21)7-8-24(30-33)32-11-13-35-14-12-32/h3-10,15,19,34H,11-14,16-17H2,1-2H3,(H,26,28,29)/t19-/m0/s1. The van der Waals surface area contributed by atoms with Gasteiger partial charge in [0.15, 0.2) is 5.82 Å². The van der Waals surface area contributed by atoms with Crippen LogP contribution < -0.4 is 15.0 Å². The van der Waals surface area contributed by atoms with Crippen molar-refractivity contribution in [2.45, 2.75) is 6.10 Å². The quantitative estimate of drug-likeness (QED) is 0.361. The normalized spacial score (nSPS) is 14.8. The van der Waals surface area contributed by atoms with E-state index in [2.05, 4.69) is 30.4 Å². The van der Waals surface area contributed by atoms with Crippen LogP contribution in [0.4, 0.5) is 17.5 Å². The lowest BCUT2D eigenvalue weighted by Crippen LogP contribution is -2.37. The Hall–Kier alpha value is -3.80. The predicted molar refractivity (Wildman–Crippen MR) is 137 cm³/mol. The number of aliphatic hydroxyl groups excluding tert-OH is 1. The molecule has 1 aliphatic rings. The zero-order chi connectivity index (χ0) is 24.9. The number of likely N-dealkylation sites (N-methyl/N-ethyl adjacent to an activating group) is 1. The Morgan fingerprint density at radius 2 is 1.92 bits per heavy atom.